The summed E-state index contributed by atoms with van der Waals surface area (Å²) < 4.78 is 1.79. The molecule has 1 heterocycles. The number of anilines is 1. The monoisotopic (exact) mass is 468 g/mol. The predicted molar refractivity (Wildman–Crippen MR) is 140 cm³/mol. The van der Waals surface area contributed by atoms with Crippen LogP contribution in [0.2, 0.25) is 0 Å². The molecule has 0 bridgehead atoms. The van der Waals surface area contributed by atoms with Crippen LogP contribution in [0.1, 0.15) is 97.2 Å². The molecule has 0 atom stereocenters. The SMILES string of the molecule is CCCCCCCCC(=O)N(CCC)CC(=O)Nc1cc(C(C)(C)C)nn1-c1cccc(C)c1. The van der Waals surface area contributed by atoms with Gasteiger partial charge in [0.1, 0.15) is 5.82 Å². The lowest BCUT2D eigenvalue weighted by atomic mass is 9.92. The van der Waals surface area contributed by atoms with Gasteiger partial charge in [0.25, 0.3) is 0 Å². The molecule has 0 aliphatic rings. The molecule has 1 aromatic heterocycles. The largest absolute Gasteiger partial charge is 0.333 e. The molecular weight excluding hydrogens is 424 g/mol. The van der Waals surface area contributed by atoms with E-state index in [2.05, 4.69) is 33.0 Å². The maximum atomic E-state index is 13.0. The van der Waals surface area contributed by atoms with Gasteiger partial charge in [-0.1, -0.05) is 78.9 Å². The van der Waals surface area contributed by atoms with E-state index in [9.17, 15) is 9.59 Å². The quantitative estimate of drug-likeness (QED) is 0.346. The van der Waals surface area contributed by atoms with E-state index in [1.54, 1.807) is 9.58 Å². The highest BCUT2D eigenvalue weighted by molar-refractivity contribution is 5.94. The Morgan fingerprint density at radius 2 is 1.71 bits per heavy atom. The molecular formula is C28H44N4O2. The second-order valence-corrected chi connectivity index (χ2v) is 10.3. The van der Waals surface area contributed by atoms with Crippen LogP contribution in [0.4, 0.5) is 5.82 Å². The van der Waals surface area contributed by atoms with E-state index in [4.69, 9.17) is 5.10 Å². The summed E-state index contributed by atoms with van der Waals surface area (Å²) in [6.45, 7) is 13.2. The fourth-order valence-corrected chi connectivity index (χ4v) is 3.93. The van der Waals surface area contributed by atoms with Crippen LogP contribution in [-0.4, -0.2) is 39.6 Å². The fraction of sp³-hybridized carbons (Fsp3) is 0.607. The molecule has 0 saturated heterocycles. The van der Waals surface area contributed by atoms with Gasteiger partial charge < -0.3 is 10.2 Å². The Morgan fingerprint density at radius 3 is 2.35 bits per heavy atom. The number of aromatic nitrogens is 2. The van der Waals surface area contributed by atoms with Crippen LogP contribution in [-0.2, 0) is 15.0 Å². The molecule has 1 aromatic carbocycles. The van der Waals surface area contributed by atoms with E-state index in [0.29, 0.717) is 18.8 Å². The van der Waals surface area contributed by atoms with Gasteiger partial charge in [-0.15, -0.1) is 0 Å². The van der Waals surface area contributed by atoms with E-state index in [-0.39, 0.29) is 23.8 Å². The molecule has 188 valence electrons. The molecule has 2 rings (SSSR count). The first-order valence-corrected chi connectivity index (χ1v) is 12.9. The summed E-state index contributed by atoms with van der Waals surface area (Å²) >= 11 is 0. The van der Waals surface area contributed by atoms with Crippen LogP contribution in [0, 0.1) is 6.92 Å². The minimum absolute atomic E-state index is 0.0619. The number of hydrogen-bond donors (Lipinski definition) is 1. The lowest BCUT2D eigenvalue weighted by Crippen LogP contribution is -2.38. The number of nitrogens with one attached hydrogen (secondary N) is 1. The average Bonchev–Trinajstić information content (AvgIpc) is 3.20. The number of aryl methyl sites for hydroxylation is 1. The van der Waals surface area contributed by atoms with E-state index >= 15 is 0 Å². The van der Waals surface area contributed by atoms with Crippen molar-refractivity contribution < 1.29 is 9.59 Å². The van der Waals surface area contributed by atoms with Crippen LogP contribution in [0.25, 0.3) is 5.69 Å². The molecule has 2 amide bonds. The predicted octanol–water partition coefficient (Wildman–Crippen LogP) is 6.41. The van der Waals surface area contributed by atoms with E-state index in [1.807, 2.05) is 44.2 Å². The van der Waals surface area contributed by atoms with Crippen molar-refractivity contribution in [2.75, 3.05) is 18.4 Å². The zero-order valence-corrected chi connectivity index (χ0v) is 22.1. The van der Waals surface area contributed by atoms with E-state index < -0.39 is 0 Å². The van der Waals surface area contributed by atoms with Crippen molar-refractivity contribution in [1.29, 1.82) is 0 Å². The van der Waals surface area contributed by atoms with Gasteiger partial charge in [0.15, 0.2) is 0 Å². The topological polar surface area (TPSA) is 67.2 Å². The summed E-state index contributed by atoms with van der Waals surface area (Å²) in [5, 5.41) is 7.81. The normalized spacial score (nSPS) is 11.5. The highest BCUT2D eigenvalue weighted by Gasteiger charge is 2.23. The van der Waals surface area contributed by atoms with Gasteiger partial charge in [-0.3, -0.25) is 9.59 Å². The van der Waals surface area contributed by atoms with Gasteiger partial charge in [-0.05, 0) is 37.5 Å². The van der Waals surface area contributed by atoms with Crippen molar-refractivity contribution in [2.45, 2.75) is 98.3 Å². The van der Waals surface area contributed by atoms with Gasteiger partial charge in [-0.2, -0.15) is 5.10 Å². The number of carbonyl (C=O) groups excluding carboxylic acids is 2. The van der Waals surface area contributed by atoms with Crippen molar-refractivity contribution >= 4 is 17.6 Å². The minimum atomic E-state index is -0.195. The van der Waals surface area contributed by atoms with Gasteiger partial charge in [-0.25, -0.2) is 4.68 Å². The number of amides is 2. The Kier molecular flexibility index (Phi) is 10.8. The van der Waals surface area contributed by atoms with Crippen LogP contribution >= 0.6 is 0 Å². The Hall–Kier alpha value is -2.63. The number of rotatable bonds is 13. The number of hydrogen-bond acceptors (Lipinski definition) is 3. The van der Waals surface area contributed by atoms with Crippen molar-refractivity contribution in [1.82, 2.24) is 14.7 Å². The second-order valence-electron chi connectivity index (χ2n) is 10.3. The van der Waals surface area contributed by atoms with Crippen LogP contribution in [0.5, 0.6) is 0 Å². The standard InChI is InChI=1S/C28H44N4O2/c1-7-9-10-11-12-13-17-27(34)31(18-8-2)21-26(33)29-25-20-24(28(4,5)6)30-32(25)23-16-14-15-22(3)19-23/h14-16,19-20H,7-13,17-18,21H2,1-6H3,(H,29,33). The summed E-state index contributed by atoms with van der Waals surface area (Å²) in [5.74, 6) is 0.495. The van der Waals surface area contributed by atoms with Crippen molar-refractivity contribution in [3.05, 3.63) is 41.6 Å². The molecule has 6 nitrogen and oxygen atoms in total. The number of unbranched alkanes of at least 4 members (excludes halogenated alkanes) is 5. The molecule has 0 fully saturated rings. The molecule has 34 heavy (non-hydrogen) atoms. The molecule has 6 heteroatoms. The van der Waals surface area contributed by atoms with Gasteiger partial charge >= 0.3 is 0 Å². The summed E-state index contributed by atoms with van der Waals surface area (Å²) in [6, 6.07) is 9.98. The molecule has 0 saturated carbocycles. The lowest BCUT2D eigenvalue weighted by molar-refractivity contribution is -0.134. The smallest absolute Gasteiger partial charge is 0.245 e. The molecule has 1 N–H and O–H groups in total. The maximum absolute atomic E-state index is 13.0. The molecule has 0 aliphatic heterocycles. The first-order valence-electron chi connectivity index (χ1n) is 12.9. The first-order chi connectivity index (χ1) is 16.2. The Labute approximate surface area is 206 Å². The number of benzene rings is 1. The van der Waals surface area contributed by atoms with E-state index in [0.717, 1.165) is 36.2 Å². The maximum Gasteiger partial charge on any atom is 0.245 e. The zero-order valence-electron chi connectivity index (χ0n) is 22.1. The second kappa shape index (κ2) is 13.3. The van der Waals surface area contributed by atoms with Crippen molar-refractivity contribution in [2.24, 2.45) is 0 Å². The van der Waals surface area contributed by atoms with Crippen molar-refractivity contribution in [3.8, 4) is 5.69 Å². The highest BCUT2D eigenvalue weighted by Crippen LogP contribution is 2.26. The first kappa shape index (κ1) is 27.6. The molecule has 0 unspecified atom stereocenters. The third-order valence-electron chi connectivity index (χ3n) is 5.92. The summed E-state index contributed by atoms with van der Waals surface area (Å²) in [6.07, 6.45) is 8.18. The Bertz CT molecular complexity index is 927. The van der Waals surface area contributed by atoms with Gasteiger partial charge in [0.2, 0.25) is 11.8 Å². The molecule has 0 radical (unpaired) electrons. The summed E-state index contributed by atoms with van der Waals surface area (Å²) in [7, 11) is 0. The zero-order chi connectivity index (χ0) is 25.1. The summed E-state index contributed by atoms with van der Waals surface area (Å²) in [5.41, 5.74) is 2.76. The third kappa shape index (κ3) is 8.62. The molecule has 2 aromatic rings. The highest BCUT2D eigenvalue weighted by atomic mass is 16.2. The van der Waals surface area contributed by atoms with Crippen LogP contribution in [0.15, 0.2) is 30.3 Å². The Balaban J connectivity index is 2.09. The van der Waals surface area contributed by atoms with Crippen LogP contribution < -0.4 is 5.32 Å². The summed E-state index contributed by atoms with van der Waals surface area (Å²) in [4.78, 5) is 27.5. The van der Waals surface area contributed by atoms with Gasteiger partial charge in [0.05, 0.1) is 17.9 Å². The Morgan fingerprint density at radius 1 is 1.00 bits per heavy atom. The number of carbonyl (C=O) groups is 2. The third-order valence-corrected chi connectivity index (χ3v) is 5.92. The fourth-order valence-electron chi connectivity index (χ4n) is 3.93. The van der Waals surface area contributed by atoms with Crippen LogP contribution in [0.3, 0.4) is 0 Å². The molecule has 0 aliphatic carbocycles. The van der Waals surface area contributed by atoms with E-state index in [1.165, 1.54) is 25.7 Å². The van der Waals surface area contributed by atoms with Gasteiger partial charge in [0, 0.05) is 24.4 Å². The number of nitrogens with zero attached hydrogens (tertiary/aromatic N) is 3. The van der Waals surface area contributed by atoms with Crippen molar-refractivity contribution in [3.63, 3.8) is 0 Å². The average molecular weight is 469 g/mol. The molecule has 0 spiro atoms. The lowest BCUT2D eigenvalue weighted by Gasteiger charge is -2.22. The minimum Gasteiger partial charge on any atom is -0.333 e.